The van der Waals surface area contributed by atoms with Crippen molar-refractivity contribution in [3.05, 3.63) is 29.3 Å². The van der Waals surface area contributed by atoms with Gasteiger partial charge in [-0.2, -0.15) is 4.31 Å². The second-order valence-corrected chi connectivity index (χ2v) is 7.92. The van der Waals surface area contributed by atoms with E-state index in [9.17, 15) is 13.2 Å². The minimum atomic E-state index is -3.56. The highest BCUT2D eigenvalue weighted by Crippen LogP contribution is 2.19. The molecule has 0 aromatic heterocycles. The number of aryl methyl sites for hydroxylation is 1. The molecule has 0 unspecified atom stereocenters. The number of nitrogens with one attached hydrogen (secondary N) is 1. The smallest absolute Gasteiger partial charge is 0.251 e. The number of hydrogen-bond acceptors (Lipinski definition) is 4. The van der Waals surface area contributed by atoms with Crippen LogP contribution in [0.15, 0.2) is 23.1 Å². The monoisotopic (exact) mass is 355 g/mol. The van der Waals surface area contributed by atoms with Gasteiger partial charge in [0.1, 0.15) is 0 Å². The number of nitrogens with zero attached hydrogens (tertiary/aromatic N) is 2. The Balaban J connectivity index is 2.96. The van der Waals surface area contributed by atoms with E-state index in [-0.39, 0.29) is 10.8 Å². The van der Waals surface area contributed by atoms with E-state index in [1.807, 2.05) is 21.0 Å². The summed E-state index contributed by atoms with van der Waals surface area (Å²) in [6.45, 7) is 7.65. The topological polar surface area (TPSA) is 69.7 Å². The molecule has 136 valence electrons. The lowest BCUT2D eigenvalue weighted by Crippen LogP contribution is -2.31. The SMILES string of the molecule is CCN(CC)S(=O)(=O)c1ccc(C)c(C(=O)NCCCN(C)C)c1. The highest BCUT2D eigenvalue weighted by Gasteiger charge is 2.23. The second kappa shape index (κ2) is 9.15. The molecule has 24 heavy (non-hydrogen) atoms. The Bertz CT molecular complexity index is 653. The van der Waals surface area contributed by atoms with Crippen molar-refractivity contribution in [3.63, 3.8) is 0 Å². The Kier molecular flexibility index (Phi) is 7.86. The van der Waals surface area contributed by atoms with E-state index in [0.29, 0.717) is 25.2 Å². The van der Waals surface area contributed by atoms with Crippen LogP contribution >= 0.6 is 0 Å². The highest BCUT2D eigenvalue weighted by atomic mass is 32.2. The first kappa shape index (κ1) is 20.6. The first-order valence-corrected chi connectivity index (χ1v) is 9.71. The Hall–Kier alpha value is -1.44. The molecule has 0 aliphatic rings. The molecule has 0 spiro atoms. The molecule has 1 aromatic rings. The molecule has 1 rings (SSSR count). The van der Waals surface area contributed by atoms with Crippen LogP contribution in [-0.4, -0.2) is 63.8 Å². The van der Waals surface area contributed by atoms with Crippen LogP contribution in [0.1, 0.15) is 36.2 Å². The third-order valence-corrected chi connectivity index (χ3v) is 5.91. The quantitative estimate of drug-likeness (QED) is 0.685. The van der Waals surface area contributed by atoms with Crippen molar-refractivity contribution in [2.24, 2.45) is 0 Å². The largest absolute Gasteiger partial charge is 0.352 e. The van der Waals surface area contributed by atoms with Crippen LogP contribution in [0.4, 0.5) is 0 Å². The van der Waals surface area contributed by atoms with E-state index in [2.05, 4.69) is 10.2 Å². The Morgan fingerprint density at radius 3 is 2.33 bits per heavy atom. The maximum Gasteiger partial charge on any atom is 0.251 e. The first-order chi connectivity index (χ1) is 11.2. The van der Waals surface area contributed by atoms with Gasteiger partial charge in [-0.25, -0.2) is 8.42 Å². The fourth-order valence-corrected chi connectivity index (χ4v) is 3.90. The number of benzene rings is 1. The standard InChI is InChI=1S/C17H29N3O3S/c1-6-20(7-2)24(22,23)15-10-9-14(3)16(13-15)17(21)18-11-8-12-19(4)5/h9-10,13H,6-8,11-12H2,1-5H3,(H,18,21). The summed E-state index contributed by atoms with van der Waals surface area (Å²) in [5, 5.41) is 2.86. The molecular weight excluding hydrogens is 326 g/mol. The summed E-state index contributed by atoms with van der Waals surface area (Å²) in [5.41, 5.74) is 1.17. The molecule has 1 aromatic carbocycles. The summed E-state index contributed by atoms with van der Waals surface area (Å²) in [6, 6.07) is 4.72. The predicted octanol–water partition coefficient (Wildman–Crippen LogP) is 1.71. The third kappa shape index (κ3) is 5.29. The molecule has 6 nitrogen and oxygen atoms in total. The molecule has 1 amide bonds. The highest BCUT2D eigenvalue weighted by molar-refractivity contribution is 7.89. The van der Waals surface area contributed by atoms with Crippen LogP contribution in [0, 0.1) is 6.92 Å². The fraction of sp³-hybridized carbons (Fsp3) is 0.588. The number of amides is 1. The van der Waals surface area contributed by atoms with Gasteiger partial charge in [0.25, 0.3) is 5.91 Å². The summed E-state index contributed by atoms with van der Waals surface area (Å²) in [6.07, 6.45) is 0.842. The number of hydrogen-bond donors (Lipinski definition) is 1. The predicted molar refractivity (Wildman–Crippen MR) is 96.8 cm³/mol. The van der Waals surface area contributed by atoms with Gasteiger partial charge < -0.3 is 10.2 Å². The average molecular weight is 356 g/mol. The molecule has 0 aliphatic heterocycles. The van der Waals surface area contributed by atoms with Gasteiger partial charge in [0.2, 0.25) is 10.0 Å². The van der Waals surface area contributed by atoms with E-state index in [4.69, 9.17) is 0 Å². The zero-order valence-corrected chi connectivity index (χ0v) is 16.1. The molecule has 0 atom stereocenters. The minimum Gasteiger partial charge on any atom is -0.352 e. The van der Waals surface area contributed by atoms with Crippen molar-refractivity contribution in [1.82, 2.24) is 14.5 Å². The van der Waals surface area contributed by atoms with Crippen LogP contribution < -0.4 is 5.32 Å². The summed E-state index contributed by atoms with van der Waals surface area (Å²) in [7, 11) is 0.396. The van der Waals surface area contributed by atoms with Gasteiger partial charge in [-0.05, 0) is 51.7 Å². The summed E-state index contributed by atoms with van der Waals surface area (Å²) in [5.74, 6) is -0.233. The Labute approximate surface area is 145 Å². The fourth-order valence-electron chi connectivity index (χ4n) is 2.41. The molecule has 1 N–H and O–H groups in total. The molecule has 0 bridgehead atoms. The number of sulfonamides is 1. The number of carbonyl (C=O) groups is 1. The maximum atomic E-state index is 12.6. The van der Waals surface area contributed by atoms with Crippen molar-refractivity contribution in [3.8, 4) is 0 Å². The Morgan fingerprint density at radius 2 is 1.79 bits per heavy atom. The van der Waals surface area contributed by atoms with Crippen molar-refractivity contribution < 1.29 is 13.2 Å². The van der Waals surface area contributed by atoms with Gasteiger partial charge >= 0.3 is 0 Å². The van der Waals surface area contributed by atoms with Gasteiger partial charge in [-0.3, -0.25) is 4.79 Å². The van der Waals surface area contributed by atoms with Crippen molar-refractivity contribution in [1.29, 1.82) is 0 Å². The molecule has 0 aliphatic carbocycles. The number of rotatable bonds is 9. The summed E-state index contributed by atoms with van der Waals surface area (Å²) >= 11 is 0. The van der Waals surface area contributed by atoms with Crippen molar-refractivity contribution in [2.45, 2.75) is 32.1 Å². The molecule has 0 saturated carbocycles. The maximum absolute atomic E-state index is 12.6. The molecule has 0 saturated heterocycles. The van der Waals surface area contributed by atoms with Gasteiger partial charge in [-0.1, -0.05) is 19.9 Å². The van der Waals surface area contributed by atoms with Crippen LogP contribution in [0.25, 0.3) is 0 Å². The Morgan fingerprint density at radius 1 is 1.17 bits per heavy atom. The van der Waals surface area contributed by atoms with Crippen LogP contribution in [-0.2, 0) is 10.0 Å². The number of carbonyl (C=O) groups excluding carboxylic acids is 1. The average Bonchev–Trinajstić information content (AvgIpc) is 2.52. The minimum absolute atomic E-state index is 0.162. The first-order valence-electron chi connectivity index (χ1n) is 8.27. The van der Waals surface area contributed by atoms with Crippen LogP contribution in [0.5, 0.6) is 0 Å². The molecular formula is C17H29N3O3S. The van der Waals surface area contributed by atoms with E-state index >= 15 is 0 Å². The van der Waals surface area contributed by atoms with Gasteiger partial charge in [0.05, 0.1) is 4.90 Å². The zero-order chi connectivity index (χ0) is 18.3. The van der Waals surface area contributed by atoms with E-state index in [0.717, 1.165) is 18.5 Å². The second-order valence-electron chi connectivity index (χ2n) is 5.98. The normalized spacial score (nSPS) is 12.0. The molecule has 7 heteroatoms. The lowest BCUT2D eigenvalue weighted by atomic mass is 10.1. The summed E-state index contributed by atoms with van der Waals surface area (Å²) in [4.78, 5) is 14.6. The van der Waals surface area contributed by atoms with Gasteiger partial charge in [0.15, 0.2) is 0 Å². The van der Waals surface area contributed by atoms with E-state index < -0.39 is 10.0 Å². The molecule has 0 fully saturated rings. The van der Waals surface area contributed by atoms with Crippen LogP contribution in [0.2, 0.25) is 0 Å². The lowest BCUT2D eigenvalue weighted by molar-refractivity contribution is 0.0951. The van der Waals surface area contributed by atoms with E-state index in [1.54, 1.807) is 26.0 Å². The van der Waals surface area contributed by atoms with Gasteiger partial charge in [-0.15, -0.1) is 0 Å². The molecule has 0 radical (unpaired) electrons. The van der Waals surface area contributed by atoms with Gasteiger partial charge in [0, 0.05) is 25.2 Å². The lowest BCUT2D eigenvalue weighted by Gasteiger charge is -2.19. The molecule has 0 heterocycles. The van der Waals surface area contributed by atoms with Crippen molar-refractivity contribution in [2.75, 3.05) is 40.3 Å². The third-order valence-electron chi connectivity index (χ3n) is 3.86. The van der Waals surface area contributed by atoms with E-state index in [1.165, 1.54) is 10.4 Å². The zero-order valence-electron chi connectivity index (χ0n) is 15.3. The van der Waals surface area contributed by atoms with Crippen LogP contribution in [0.3, 0.4) is 0 Å². The summed E-state index contributed by atoms with van der Waals surface area (Å²) < 4.78 is 26.6. The van der Waals surface area contributed by atoms with Crippen molar-refractivity contribution >= 4 is 15.9 Å².